The summed E-state index contributed by atoms with van der Waals surface area (Å²) in [5, 5.41) is 0. The van der Waals surface area contributed by atoms with Gasteiger partial charge >= 0.3 is 0 Å². The number of benzene rings is 2. The first-order valence-corrected chi connectivity index (χ1v) is 6.73. The van der Waals surface area contributed by atoms with E-state index < -0.39 is 0 Å². The van der Waals surface area contributed by atoms with Gasteiger partial charge in [0.25, 0.3) is 0 Å². The van der Waals surface area contributed by atoms with Gasteiger partial charge in [0.05, 0.1) is 0 Å². The molecule has 0 fully saturated rings. The molecule has 2 rings (SSSR count). The fraction of sp³-hybridized carbons (Fsp3) is 0.200. The molecular weight excluding hydrogens is 240 g/mol. The smallest absolute Gasteiger partial charge is 0.0255 e. The Morgan fingerprint density at radius 1 is 0.650 bits per heavy atom. The molecule has 0 atom stereocenters. The molecule has 0 aliphatic rings. The second-order valence-electron chi connectivity index (χ2n) is 5.69. The molecule has 0 spiro atoms. The average molecular weight is 258 g/mol. The molecule has 20 heavy (non-hydrogen) atoms. The van der Waals surface area contributed by atoms with Crippen molar-refractivity contribution in [1.82, 2.24) is 0 Å². The largest absolute Gasteiger partial charge is 0.0622 e. The molecule has 0 aliphatic carbocycles. The van der Waals surface area contributed by atoms with Gasteiger partial charge in [-0.25, -0.2) is 0 Å². The third kappa shape index (κ3) is 4.04. The second-order valence-corrected chi connectivity index (χ2v) is 5.69. The Balaban J connectivity index is 2.09. The highest BCUT2D eigenvalue weighted by Gasteiger charge is 2.12. The zero-order chi connectivity index (χ0) is 14.4. The van der Waals surface area contributed by atoms with Gasteiger partial charge in [0, 0.05) is 11.1 Å². The zero-order valence-corrected chi connectivity index (χ0v) is 12.2. The molecule has 0 nitrogen and oxygen atoms in total. The fourth-order valence-electron chi connectivity index (χ4n) is 1.78. The van der Waals surface area contributed by atoms with E-state index in [2.05, 4.69) is 68.7 Å². The Bertz CT molecular complexity index is 675. The van der Waals surface area contributed by atoms with E-state index in [0.29, 0.717) is 0 Å². The summed E-state index contributed by atoms with van der Waals surface area (Å²) in [4.78, 5) is 0. The quantitative estimate of drug-likeness (QED) is 0.615. The first kappa shape index (κ1) is 14.0. The van der Waals surface area contributed by atoms with Crippen molar-refractivity contribution in [1.29, 1.82) is 0 Å². The van der Waals surface area contributed by atoms with E-state index in [4.69, 9.17) is 0 Å². The summed E-state index contributed by atoms with van der Waals surface area (Å²) in [6, 6.07) is 18.3. The average Bonchev–Trinajstić information content (AvgIpc) is 2.44. The van der Waals surface area contributed by atoms with Crippen LogP contribution in [0.5, 0.6) is 0 Å². The summed E-state index contributed by atoms with van der Waals surface area (Å²) in [5.41, 5.74) is 3.49. The van der Waals surface area contributed by atoms with Crippen LogP contribution in [0, 0.1) is 23.7 Å². The van der Waals surface area contributed by atoms with Crippen LogP contribution in [-0.2, 0) is 5.41 Å². The summed E-state index contributed by atoms with van der Waals surface area (Å²) in [6.07, 6.45) is 0. The Labute approximate surface area is 121 Å². The maximum atomic E-state index is 3.07. The van der Waals surface area contributed by atoms with Crippen LogP contribution in [0.2, 0.25) is 0 Å². The maximum absolute atomic E-state index is 3.07. The van der Waals surface area contributed by atoms with Crippen LogP contribution in [0.15, 0.2) is 54.6 Å². The maximum Gasteiger partial charge on any atom is 0.0255 e. The highest BCUT2D eigenvalue weighted by atomic mass is 14.2. The lowest BCUT2D eigenvalue weighted by molar-refractivity contribution is 0.590. The molecule has 0 aliphatic heterocycles. The van der Waals surface area contributed by atoms with Gasteiger partial charge in [-0.2, -0.15) is 0 Å². The first-order valence-electron chi connectivity index (χ1n) is 6.73. The summed E-state index contributed by atoms with van der Waals surface area (Å²) >= 11 is 0. The Morgan fingerprint density at radius 3 is 1.65 bits per heavy atom. The topological polar surface area (TPSA) is 0 Å². The van der Waals surface area contributed by atoms with E-state index in [1.165, 1.54) is 5.56 Å². The predicted molar refractivity (Wildman–Crippen MR) is 85.3 cm³/mol. The van der Waals surface area contributed by atoms with E-state index >= 15 is 0 Å². The summed E-state index contributed by atoms with van der Waals surface area (Å²) in [5.74, 6) is 11.9. The van der Waals surface area contributed by atoms with Crippen molar-refractivity contribution in [2.24, 2.45) is 0 Å². The van der Waals surface area contributed by atoms with Crippen molar-refractivity contribution >= 4 is 0 Å². The molecule has 0 bridgehead atoms. The Kier molecular flexibility index (Phi) is 4.29. The van der Waals surface area contributed by atoms with Crippen molar-refractivity contribution in [3.63, 3.8) is 0 Å². The number of hydrogen-bond donors (Lipinski definition) is 0. The second kappa shape index (κ2) is 6.14. The first-order chi connectivity index (χ1) is 9.55. The predicted octanol–water partition coefficient (Wildman–Crippen LogP) is 4.39. The fourth-order valence-corrected chi connectivity index (χ4v) is 1.78. The lowest BCUT2D eigenvalue weighted by atomic mass is 9.87. The van der Waals surface area contributed by atoms with Gasteiger partial charge in [0.1, 0.15) is 0 Å². The molecule has 0 heterocycles. The molecule has 0 amide bonds. The van der Waals surface area contributed by atoms with Crippen molar-refractivity contribution in [2.75, 3.05) is 0 Å². The van der Waals surface area contributed by atoms with Crippen LogP contribution in [-0.4, -0.2) is 0 Å². The van der Waals surface area contributed by atoms with E-state index in [1.54, 1.807) is 0 Å². The molecule has 0 unspecified atom stereocenters. The van der Waals surface area contributed by atoms with Crippen LogP contribution in [0.1, 0.15) is 37.5 Å². The molecule has 98 valence electrons. The SMILES string of the molecule is CC(C)(C)c1ccc(C#CC#Cc2ccccc2)cc1. The summed E-state index contributed by atoms with van der Waals surface area (Å²) < 4.78 is 0. The van der Waals surface area contributed by atoms with Crippen molar-refractivity contribution in [3.05, 3.63) is 71.3 Å². The lowest BCUT2D eigenvalue weighted by Crippen LogP contribution is -2.10. The van der Waals surface area contributed by atoms with Gasteiger partial charge in [-0.3, -0.25) is 0 Å². The van der Waals surface area contributed by atoms with E-state index in [-0.39, 0.29) is 5.41 Å². The summed E-state index contributed by atoms with van der Waals surface area (Å²) in [6.45, 7) is 6.62. The highest BCUT2D eigenvalue weighted by molar-refractivity contribution is 5.45. The van der Waals surface area contributed by atoms with Crippen LogP contribution >= 0.6 is 0 Å². The Morgan fingerprint density at radius 2 is 1.15 bits per heavy atom. The van der Waals surface area contributed by atoms with Crippen LogP contribution < -0.4 is 0 Å². The van der Waals surface area contributed by atoms with Crippen molar-refractivity contribution in [3.8, 4) is 23.7 Å². The standard InChI is InChI=1S/C20H18/c1-20(2,3)19-15-13-18(14-16-19)12-8-7-11-17-9-5-4-6-10-17/h4-6,9-10,13-16H,1-3H3. The minimum absolute atomic E-state index is 0.180. The number of hydrogen-bond acceptors (Lipinski definition) is 0. The minimum atomic E-state index is 0.180. The molecule has 0 N–H and O–H groups in total. The van der Waals surface area contributed by atoms with E-state index in [1.807, 2.05) is 30.3 Å². The van der Waals surface area contributed by atoms with Gasteiger partial charge in [0.15, 0.2) is 0 Å². The van der Waals surface area contributed by atoms with E-state index in [9.17, 15) is 0 Å². The number of rotatable bonds is 0. The molecule has 2 aromatic carbocycles. The molecule has 0 radical (unpaired) electrons. The van der Waals surface area contributed by atoms with E-state index in [0.717, 1.165) is 11.1 Å². The van der Waals surface area contributed by atoms with Crippen LogP contribution in [0.25, 0.3) is 0 Å². The third-order valence-electron chi connectivity index (χ3n) is 3.00. The minimum Gasteiger partial charge on any atom is -0.0622 e. The molecule has 0 saturated heterocycles. The van der Waals surface area contributed by atoms with Crippen molar-refractivity contribution in [2.45, 2.75) is 26.2 Å². The van der Waals surface area contributed by atoms with Gasteiger partial charge in [-0.1, -0.05) is 62.9 Å². The highest BCUT2D eigenvalue weighted by Crippen LogP contribution is 2.21. The summed E-state index contributed by atoms with van der Waals surface area (Å²) in [7, 11) is 0. The van der Waals surface area contributed by atoms with Crippen LogP contribution in [0.4, 0.5) is 0 Å². The van der Waals surface area contributed by atoms with Crippen molar-refractivity contribution < 1.29 is 0 Å². The van der Waals surface area contributed by atoms with Gasteiger partial charge in [-0.05, 0) is 47.1 Å². The molecule has 0 aromatic heterocycles. The van der Waals surface area contributed by atoms with Gasteiger partial charge in [0.2, 0.25) is 0 Å². The molecule has 0 saturated carbocycles. The Hall–Kier alpha value is -2.44. The van der Waals surface area contributed by atoms with Crippen LogP contribution in [0.3, 0.4) is 0 Å². The lowest BCUT2D eigenvalue weighted by Gasteiger charge is -2.18. The normalized spacial score (nSPS) is 9.95. The molecule has 0 heteroatoms. The molecular formula is C20H18. The molecule has 2 aromatic rings. The van der Waals surface area contributed by atoms with Gasteiger partial charge in [-0.15, -0.1) is 0 Å². The van der Waals surface area contributed by atoms with Gasteiger partial charge < -0.3 is 0 Å². The monoisotopic (exact) mass is 258 g/mol. The zero-order valence-electron chi connectivity index (χ0n) is 12.2. The third-order valence-corrected chi connectivity index (χ3v) is 3.00.